The number of nitrogens with zero attached hydrogens (tertiary/aromatic N) is 1. The zero-order valence-electron chi connectivity index (χ0n) is 8.23. The number of hydrogen-bond acceptors (Lipinski definition) is 5. The van der Waals surface area contributed by atoms with E-state index >= 15 is 0 Å². The molecule has 80 valence electrons. The van der Waals surface area contributed by atoms with E-state index < -0.39 is 29.9 Å². The third-order valence-corrected chi connectivity index (χ3v) is 2.52. The van der Waals surface area contributed by atoms with Crippen molar-refractivity contribution in [1.82, 2.24) is 4.90 Å². The Bertz CT molecular complexity index is 283. The summed E-state index contributed by atoms with van der Waals surface area (Å²) in [5.41, 5.74) is -2.79. The second kappa shape index (κ2) is 2.84. The molecule has 0 aromatic carbocycles. The SMILES string of the molecule is CC1(C)OC(=O)N(CC(=O)[O-])C1(C)O. The van der Waals surface area contributed by atoms with Crippen LogP contribution in [0.2, 0.25) is 0 Å². The van der Waals surface area contributed by atoms with Crippen LogP contribution in [0, 0.1) is 0 Å². The van der Waals surface area contributed by atoms with Gasteiger partial charge in [0.25, 0.3) is 0 Å². The number of ether oxygens (including phenoxy) is 1. The Hall–Kier alpha value is -1.30. The topological polar surface area (TPSA) is 89.9 Å². The van der Waals surface area contributed by atoms with E-state index in [9.17, 15) is 19.8 Å². The van der Waals surface area contributed by atoms with E-state index in [1.165, 1.54) is 20.8 Å². The van der Waals surface area contributed by atoms with Crippen molar-refractivity contribution in [2.45, 2.75) is 32.1 Å². The second-order valence-corrected chi connectivity index (χ2v) is 3.86. The van der Waals surface area contributed by atoms with Gasteiger partial charge in [0.05, 0.1) is 12.5 Å². The lowest BCUT2D eigenvalue weighted by molar-refractivity contribution is -0.307. The van der Waals surface area contributed by atoms with Crippen LogP contribution in [0.4, 0.5) is 4.79 Å². The van der Waals surface area contributed by atoms with Crippen LogP contribution in [-0.4, -0.2) is 39.9 Å². The lowest BCUT2D eigenvalue weighted by Gasteiger charge is -2.34. The molecule has 14 heavy (non-hydrogen) atoms. The summed E-state index contributed by atoms with van der Waals surface area (Å²) in [4.78, 5) is 22.2. The highest BCUT2D eigenvalue weighted by atomic mass is 16.6. The van der Waals surface area contributed by atoms with E-state index in [1.54, 1.807) is 0 Å². The predicted octanol–water partition coefficient (Wildman–Crippen LogP) is -1.32. The molecule has 0 radical (unpaired) electrons. The minimum Gasteiger partial charge on any atom is -0.548 e. The summed E-state index contributed by atoms with van der Waals surface area (Å²) in [6, 6.07) is 0. The highest BCUT2D eigenvalue weighted by Crippen LogP contribution is 2.36. The maximum Gasteiger partial charge on any atom is 0.413 e. The maximum atomic E-state index is 11.2. The van der Waals surface area contributed by atoms with Gasteiger partial charge in [-0.15, -0.1) is 0 Å². The minimum absolute atomic E-state index is 0.685. The third kappa shape index (κ3) is 1.41. The van der Waals surface area contributed by atoms with Crippen molar-refractivity contribution >= 4 is 12.1 Å². The van der Waals surface area contributed by atoms with Gasteiger partial charge in [-0.2, -0.15) is 0 Å². The van der Waals surface area contributed by atoms with Gasteiger partial charge >= 0.3 is 6.09 Å². The number of carboxylic acids is 1. The third-order valence-electron chi connectivity index (χ3n) is 2.52. The molecule has 0 aliphatic carbocycles. The highest BCUT2D eigenvalue weighted by molar-refractivity contribution is 5.78. The predicted molar refractivity (Wildman–Crippen MR) is 42.9 cm³/mol. The standard InChI is InChI=1S/C8H13NO5/c1-7(2)8(3,13)9(4-5(10)11)6(12)14-7/h13H,4H2,1-3H3,(H,10,11)/p-1. The summed E-state index contributed by atoms with van der Waals surface area (Å²) in [5, 5.41) is 20.2. The van der Waals surface area contributed by atoms with Crippen molar-refractivity contribution in [3.8, 4) is 0 Å². The first-order chi connectivity index (χ1) is 6.18. The van der Waals surface area contributed by atoms with Crippen molar-refractivity contribution in [3.63, 3.8) is 0 Å². The summed E-state index contributed by atoms with van der Waals surface area (Å²) in [6.45, 7) is 3.64. The summed E-state index contributed by atoms with van der Waals surface area (Å²) in [6.07, 6.45) is -0.857. The Labute approximate surface area is 81.1 Å². The largest absolute Gasteiger partial charge is 0.548 e. The van der Waals surface area contributed by atoms with Gasteiger partial charge < -0.3 is 19.7 Å². The maximum absolute atomic E-state index is 11.2. The molecule has 1 heterocycles. The van der Waals surface area contributed by atoms with Gasteiger partial charge in [0.15, 0.2) is 11.3 Å². The van der Waals surface area contributed by atoms with Crippen LogP contribution in [0.1, 0.15) is 20.8 Å². The zero-order chi connectivity index (χ0) is 11.1. The second-order valence-electron chi connectivity index (χ2n) is 3.86. The summed E-state index contributed by atoms with van der Waals surface area (Å²) in [7, 11) is 0. The minimum atomic E-state index is -1.65. The van der Waals surface area contributed by atoms with Crippen molar-refractivity contribution in [3.05, 3.63) is 0 Å². The number of carbonyl (C=O) groups is 2. The average Bonchev–Trinajstić information content (AvgIpc) is 2.09. The Kier molecular flexibility index (Phi) is 2.19. The molecule has 0 bridgehead atoms. The normalized spacial score (nSPS) is 30.3. The molecule has 1 fully saturated rings. The van der Waals surface area contributed by atoms with Crippen LogP contribution in [0.5, 0.6) is 0 Å². The lowest BCUT2D eigenvalue weighted by atomic mass is 9.96. The van der Waals surface area contributed by atoms with E-state index in [0.29, 0.717) is 0 Å². The number of aliphatic carboxylic acids is 1. The molecule has 1 atom stereocenters. The van der Waals surface area contributed by atoms with Crippen LogP contribution in [0.25, 0.3) is 0 Å². The fourth-order valence-electron chi connectivity index (χ4n) is 1.22. The fourth-order valence-corrected chi connectivity index (χ4v) is 1.22. The number of cyclic esters (lactones) is 1. The molecule has 6 heteroatoms. The van der Waals surface area contributed by atoms with Gasteiger partial charge in [-0.3, -0.25) is 4.90 Å². The molecule has 1 saturated heterocycles. The molecule has 0 saturated carbocycles. The number of carboxylic acid groups (broad SMARTS) is 1. The summed E-state index contributed by atoms with van der Waals surface area (Å²) < 4.78 is 4.82. The fraction of sp³-hybridized carbons (Fsp3) is 0.750. The molecule has 1 aliphatic rings. The van der Waals surface area contributed by atoms with Gasteiger partial charge in [-0.25, -0.2) is 4.79 Å². The van der Waals surface area contributed by atoms with E-state index in [1.807, 2.05) is 0 Å². The van der Waals surface area contributed by atoms with Crippen LogP contribution in [0.15, 0.2) is 0 Å². The molecular formula is C8H12NO5-. The number of carbonyl (C=O) groups excluding carboxylic acids is 2. The van der Waals surface area contributed by atoms with Gasteiger partial charge in [-0.1, -0.05) is 0 Å². The smallest absolute Gasteiger partial charge is 0.413 e. The quantitative estimate of drug-likeness (QED) is 0.599. The molecule has 1 amide bonds. The molecule has 6 nitrogen and oxygen atoms in total. The molecule has 1 N–H and O–H groups in total. The zero-order valence-corrected chi connectivity index (χ0v) is 8.23. The van der Waals surface area contributed by atoms with Gasteiger partial charge in [0.1, 0.15) is 0 Å². The number of hydrogen-bond donors (Lipinski definition) is 1. The molecule has 1 rings (SSSR count). The first-order valence-electron chi connectivity index (χ1n) is 4.11. The number of aliphatic hydroxyl groups is 1. The average molecular weight is 202 g/mol. The molecule has 1 aliphatic heterocycles. The first kappa shape index (κ1) is 10.8. The Morgan fingerprint density at radius 3 is 2.36 bits per heavy atom. The number of amides is 1. The van der Waals surface area contributed by atoms with Crippen molar-refractivity contribution in [2.75, 3.05) is 6.54 Å². The van der Waals surface area contributed by atoms with Crippen molar-refractivity contribution < 1.29 is 24.5 Å². The van der Waals surface area contributed by atoms with E-state index in [2.05, 4.69) is 0 Å². The van der Waals surface area contributed by atoms with Crippen molar-refractivity contribution in [1.29, 1.82) is 0 Å². The van der Waals surface area contributed by atoms with Gasteiger partial charge in [0.2, 0.25) is 0 Å². The van der Waals surface area contributed by atoms with Crippen molar-refractivity contribution in [2.24, 2.45) is 0 Å². The molecule has 0 aromatic heterocycles. The lowest BCUT2D eigenvalue weighted by Crippen LogP contribution is -2.56. The summed E-state index contributed by atoms with van der Waals surface area (Å²) >= 11 is 0. The van der Waals surface area contributed by atoms with Crippen LogP contribution >= 0.6 is 0 Å². The van der Waals surface area contributed by atoms with Gasteiger partial charge in [0, 0.05) is 0 Å². The Morgan fingerprint density at radius 2 is 2.07 bits per heavy atom. The monoisotopic (exact) mass is 202 g/mol. The molecule has 1 unspecified atom stereocenters. The van der Waals surface area contributed by atoms with E-state index in [4.69, 9.17) is 4.74 Å². The van der Waals surface area contributed by atoms with E-state index in [0.717, 1.165) is 4.90 Å². The molecule has 0 spiro atoms. The highest BCUT2D eigenvalue weighted by Gasteiger charge is 2.56. The van der Waals surface area contributed by atoms with E-state index in [-0.39, 0.29) is 0 Å². The van der Waals surface area contributed by atoms with Crippen LogP contribution in [0.3, 0.4) is 0 Å². The molecular weight excluding hydrogens is 190 g/mol. The first-order valence-corrected chi connectivity index (χ1v) is 4.11. The van der Waals surface area contributed by atoms with Crippen LogP contribution < -0.4 is 5.11 Å². The Morgan fingerprint density at radius 1 is 1.57 bits per heavy atom. The number of rotatable bonds is 2. The Balaban J connectivity index is 2.96. The van der Waals surface area contributed by atoms with Crippen LogP contribution in [-0.2, 0) is 9.53 Å². The molecule has 0 aromatic rings. The summed E-state index contributed by atoms with van der Waals surface area (Å²) in [5.74, 6) is -1.44. The van der Waals surface area contributed by atoms with Gasteiger partial charge in [-0.05, 0) is 20.8 Å².